The summed E-state index contributed by atoms with van der Waals surface area (Å²) in [7, 11) is 0. The Morgan fingerprint density at radius 3 is 2.96 bits per heavy atom. The first-order valence-corrected chi connectivity index (χ1v) is 10.8. The Bertz CT molecular complexity index is 725. The lowest BCUT2D eigenvalue weighted by Gasteiger charge is -2.35. The molecule has 0 unspecified atom stereocenters. The van der Waals surface area contributed by atoms with Gasteiger partial charge in [-0.3, -0.25) is 9.69 Å². The number of amides is 1. The van der Waals surface area contributed by atoms with Gasteiger partial charge >= 0.3 is 0 Å². The summed E-state index contributed by atoms with van der Waals surface area (Å²) in [6, 6.07) is 6.39. The van der Waals surface area contributed by atoms with Crippen LogP contribution in [0.4, 0.5) is 0 Å². The van der Waals surface area contributed by atoms with Gasteiger partial charge in [0.2, 0.25) is 0 Å². The van der Waals surface area contributed by atoms with Gasteiger partial charge in [-0.25, -0.2) is 0 Å². The van der Waals surface area contributed by atoms with Crippen molar-refractivity contribution in [3.05, 3.63) is 39.9 Å². The van der Waals surface area contributed by atoms with E-state index in [2.05, 4.69) is 27.6 Å². The van der Waals surface area contributed by atoms with E-state index in [1.807, 2.05) is 11.0 Å². The van der Waals surface area contributed by atoms with E-state index in [0.717, 1.165) is 64.3 Å². The smallest absolute Gasteiger partial charge is 0.276 e. The summed E-state index contributed by atoms with van der Waals surface area (Å²) in [5.74, 6) is 0.773. The van der Waals surface area contributed by atoms with E-state index in [1.54, 1.807) is 11.3 Å². The number of nitrogens with zero attached hydrogens (tertiary/aromatic N) is 3. The third-order valence-corrected chi connectivity index (χ3v) is 6.39. The summed E-state index contributed by atoms with van der Waals surface area (Å²) < 4.78 is 10.8. The first kappa shape index (κ1) is 18.7. The average Bonchev–Trinajstić information content (AvgIpc) is 3.39. The Hall–Kier alpha value is -1.70. The third kappa shape index (κ3) is 4.78. The number of morpholine rings is 1. The second kappa shape index (κ2) is 8.99. The standard InChI is InChI=1S/C20H27N3O3S/c24-20(19-14-17(26-21-19)15-22-9-11-25-12-10-22)23-8-2-1-4-16(23)6-7-18-5-3-13-27-18/h3,5,13-14,16H,1-2,4,6-12,15H2/t16-/m1/s1. The van der Waals surface area contributed by atoms with Crippen LogP contribution in [0.1, 0.15) is 46.8 Å². The van der Waals surface area contributed by atoms with Crippen molar-refractivity contribution < 1.29 is 14.1 Å². The van der Waals surface area contributed by atoms with E-state index in [4.69, 9.17) is 9.26 Å². The van der Waals surface area contributed by atoms with Crippen LogP contribution in [0.3, 0.4) is 0 Å². The summed E-state index contributed by atoms with van der Waals surface area (Å²) >= 11 is 1.79. The van der Waals surface area contributed by atoms with Crippen molar-refractivity contribution >= 4 is 17.2 Å². The van der Waals surface area contributed by atoms with Crippen LogP contribution in [0.5, 0.6) is 0 Å². The minimum atomic E-state index is 0.0165. The van der Waals surface area contributed by atoms with Gasteiger partial charge in [0, 0.05) is 36.6 Å². The van der Waals surface area contributed by atoms with Gasteiger partial charge < -0.3 is 14.2 Å². The van der Waals surface area contributed by atoms with Gasteiger partial charge in [0.1, 0.15) is 0 Å². The lowest BCUT2D eigenvalue weighted by Crippen LogP contribution is -2.44. The average molecular weight is 390 g/mol. The number of aryl methyl sites for hydroxylation is 1. The number of rotatable bonds is 6. The molecule has 1 amide bonds. The second-order valence-electron chi connectivity index (χ2n) is 7.33. The normalized spacial score (nSPS) is 21.5. The van der Waals surface area contributed by atoms with Crippen LogP contribution in [-0.2, 0) is 17.7 Å². The molecule has 0 spiro atoms. The summed E-state index contributed by atoms with van der Waals surface area (Å²) in [5, 5.41) is 6.19. The van der Waals surface area contributed by atoms with Gasteiger partial charge in [-0.15, -0.1) is 11.3 Å². The molecule has 4 heterocycles. The Labute approximate surface area is 164 Å². The molecule has 2 aromatic heterocycles. The third-order valence-electron chi connectivity index (χ3n) is 5.45. The summed E-state index contributed by atoms with van der Waals surface area (Å²) in [4.78, 5) is 18.7. The van der Waals surface area contributed by atoms with Crippen molar-refractivity contribution in [2.75, 3.05) is 32.8 Å². The molecule has 146 valence electrons. The molecule has 0 aliphatic carbocycles. The van der Waals surface area contributed by atoms with Gasteiger partial charge in [-0.1, -0.05) is 11.2 Å². The highest BCUT2D eigenvalue weighted by Gasteiger charge is 2.29. The summed E-state index contributed by atoms with van der Waals surface area (Å²) in [6.07, 6.45) is 5.40. The zero-order valence-electron chi connectivity index (χ0n) is 15.6. The molecule has 2 aliphatic heterocycles. The molecule has 2 aromatic rings. The van der Waals surface area contributed by atoms with Gasteiger partial charge in [-0.2, -0.15) is 0 Å². The summed E-state index contributed by atoms with van der Waals surface area (Å²) in [6.45, 7) is 4.78. The molecule has 4 rings (SSSR count). The van der Waals surface area contributed by atoms with Gasteiger partial charge in [0.25, 0.3) is 5.91 Å². The second-order valence-corrected chi connectivity index (χ2v) is 8.37. The highest BCUT2D eigenvalue weighted by atomic mass is 32.1. The minimum Gasteiger partial charge on any atom is -0.379 e. The van der Waals surface area contributed by atoms with Crippen molar-refractivity contribution in [1.82, 2.24) is 15.0 Å². The van der Waals surface area contributed by atoms with E-state index >= 15 is 0 Å². The van der Waals surface area contributed by atoms with E-state index in [9.17, 15) is 4.79 Å². The van der Waals surface area contributed by atoms with Crippen LogP contribution in [0.25, 0.3) is 0 Å². The van der Waals surface area contributed by atoms with Gasteiger partial charge in [-0.05, 0) is 43.6 Å². The maximum atomic E-state index is 13.0. The lowest BCUT2D eigenvalue weighted by molar-refractivity contribution is 0.0305. The van der Waals surface area contributed by atoms with Crippen molar-refractivity contribution in [2.45, 2.75) is 44.7 Å². The molecule has 0 N–H and O–H groups in total. The predicted molar refractivity (Wildman–Crippen MR) is 104 cm³/mol. The molecule has 0 saturated carbocycles. The topological polar surface area (TPSA) is 58.8 Å². The van der Waals surface area contributed by atoms with Crippen molar-refractivity contribution in [3.8, 4) is 0 Å². The molecular formula is C20H27N3O3S. The Morgan fingerprint density at radius 2 is 2.15 bits per heavy atom. The van der Waals surface area contributed by atoms with Crippen LogP contribution < -0.4 is 0 Å². The number of thiophene rings is 1. The number of piperidine rings is 1. The molecule has 2 fully saturated rings. The van der Waals surface area contributed by atoms with E-state index < -0.39 is 0 Å². The van der Waals surface area contributed by atoms with Crippen molar-refractivity contribution in [2.24, 2.45) is 0 Å². The van der Waals surface area contributed by atoms with Gasteiger partial charge in [0.05, 0.1) is 19.8 Å². The highest BCUT2D eigenvalue weighted by Crippen LogP contribution is 2.24. The fourth-order valence-corrected chi connectivity index (χ4v) is 4.67. The number of carbonyl (C=O) groups excluding carboxylic acids is 1. The number of aromatic nitrogens is 1. The van der Waals surface area contributed by atoms with Crippen molar-refractivity contribution in [1.29, 1.82) is 0 Å². The monoisotopic (exact) mass is 389 g/mol. The Balaban J connectivity index is 1.37. The van der Waals surface area contributed by atoms with Crippen LogP contribution in [0.2, 0.25) is 0 Å². The number of hydrogen-bond acceptors (Lipinski definition) is 6. The zero-order chi connectivity index (χ0) is 18.5. The number of likely N-dealkylation sites (tertiary alicyclic amines) is 1. The Kier molecular flexibility index (Phi) is 6.21. The molecule has 6 nitrogen and oxygen atoms in total. The minimum absolute atomic E-state index is 0.0165. The highest BCUT2D eigenvalue weighted by molar-refractivity contribution is 7.09. The largest absolute Gasteiger partial charge is 0.379 e. The zero-order valence-corrected chi connectivity index (χ0v) is 16.5. The lowest BCUT2D eigenvalue weighted by atomic mass is 9.97. The number of hydrogen-bond donors (Lipinski definition) is 0. The maximum Gasteiger partial charge on any atom is 0.276 e. The quantitative estimate of drug-likeness (QED) is 0.759. The molecule has 0 radical (unpaired) electrons. The number of carbonyl (C=O) groups is 1. The maximum absolute atomic E-state index is 13.0. The van der Waals surface area contributed by atoms with Crippen LogP contribution in [0, 0.1) is 0 Å². The van der Waals surface area contributed by atoms with Crippen LogP contribution in [0.15, 0.2) is 28.1 Å². The molecule has 2 saturated heterocycles. The first-order valence-electron chi connectivity index (χ1n) is 9.88. The van der Waals surface area contributed by atoms with Gasteiger partial charge in [0.15, 0.2) is 11.5 Å². The molecule has 27 heavy (non-hydrogen) atoms. The van der Waals surface area contributed by atoms with E-state index in [0.29, 0.717) is 18.3 Å². The molecule has 2 aliphatic rings. The molecule has 0 aromatic carbocycles. The Morgan fingerprint density at radius 1 is 1.26 bits per heavy atom. The van der Waals surface area contributed by atoms with Crippen molar-refractivity contribution in [3.63, 3.8) is 0 Å². The fourth-order valence-electron chi connectivity index (χ4n) is 3.95. The summed E-state index contributed by atoms with van der Waals surface area (Å²) in [5.41, 5.74) is 0.446. The SMILES string of the molecule is O=C(c1cc(CN2CCOCC2)on1)N1CCCC[C@@H]1CCc1cccs1. The first-order chi connectivity index (χ1) is 13.3. The van der Waals surface area contributed by atoms with Crippen LogP contribution in [-0.4, -0.2) is 59.8 Å². The molecule has 0 bridgehead atoms. The molecular weight excluding hydrogens is 362 g/mol. The van der Waals surface area contributed by atoms with Crippen LogP contribution >= 0.6 is 11.3 Å². The molecule has 1 atom stereocenters. The fraction of sp³-hybridized carbons (Fsp3) is 0.600. The predicted octanol–water partition coefficient (Wildman–Crippen LogP) is 3.20. The molecule has 7 heteroatoms. The number of ether oxygens (including phenoxy) is 1. The van der Waals surface area contributed by atoms with E-state index in [1.165, 1.54) is 11.3 Å². The van der Waals surface area contributed by atoms with E-state index in [-0.39, 0.29) is 5.91 Å².